The molecule has 1 N–H and O–H groups in total. The van der Waals surface area contributed by atoms with E-state index in [1.54, 1.807) is 0 Å². The van der Waals surface area contributed by atoms with Crippen molar-refractivity contribution in [1.29, 1.82) is 0 Å². The molecule has 10 heteroatoms. The Morgan fingerprint density at radius 3 is 2.39 bits per heavy atom. The quantitative estimate of drug-likeness (QED) is 0.495. The highest BCUT2D eigenvalue weighted by molar-refractivity contribution is 14.1. The maximum atomic E-state index is 12.6. The first-order valence-corrected chi connectivity index (χ1v) is 5.17. The smallest absolute Gasteiger partial charge is 0.476 e. The number of alkyl halides is 5. The van der Waals surface area contributed by atoms with Crippen LogP contribution in [0.1, 0.15) is 22.5 Å². The summed E-state index contributed by atoms with van der Waals surface area (Å²) >= 11 is 1.39. The summed E-state index contributed by atoms with van der Waals surface area (Å²) in [6.45, 7) is 0. The molecule has 0 fully saturated rings. The van der Waals surface area contributed by atoms with Gasteiger partial charge in [-0.1, -0.05) is 0 Å². The maximum absolute atomic E-state index is 12.6. The van der Waals surface area contributed by atoms with Gasteiger partial charge in [0.05, 0.1) is 5.56 Å². The highest BCUT2D eigenvalue weighted by atomic mass is 127. The molecule has 100 valence electrons. The number of rotatable bonds is 3. The molecule has 0 saturated carbocycles. The van der Waals surface area contributed by atoms with Crippen LogP contribution in [0.3, 0.4) is 0 Å². The lowest BCUT2D eigenvalue weighted by atomic mass is 10.2. The third-order valence-corrected chi connectivity index (χ3v) is 2.19. The summed E-state index contributed by atoms with van der Waals surface area (Å²) in [7, 11) is 0. The Hall–Kier alpha value is -1.20. The second-order valence-electron chi connectivity index (χ2n) is 2.86. The highest BCUT2D eigenvalue weighted by Crippen LogP contribution is 2.35. The molecule has 0 aliphatic carbocycles. The number of carboxylic acid groups (broad SMARTS) is 1. The van der Waals surface area contributed by atoms with E-state index in [2.05, 4.69) is 9.72 Å². The first-order chi connectivity index (χ1) is 8.11. The minimum absolute atomic E-state index is 0.214. The van der Waals surface area contributed by atoms with Gasteiger partial charge in [0.15, 0.2) is 5.69 Å². The number of aromatic nitrogens is 1. The second kappa shape index (κ2) is 5.20. The lowest BCUT2D eigenvalue weighted by Gasteiger charge is -2.14. The van der Waals surface area contributed by atoms with Gasteiger partial charge in [0.25, 0.3) is 6.43 Å². The number of aromatic carboxylic acids is 1. The molecule has 1 aromatic rings. The van der Waals surface area contributed by atoms with E-state index in [0.29, 0.717) is 6.07 Å². The van der Waals surface area contributed by atoms with E-state index in [1.807, 2.05) is 0 Å². The van der Waals surface area contributed by atoms with Crippen LogP contribution in [-0.4, -0.2) is 22.4 Å². The van der Waals surface area contributed by atoms with Gasteiger partial charge in [-0.2, -0.15) is 0 Å². The minimum Gasteiger partial charge on any atom is -0.476 e. The maximum Gasteiger partial charge on any atom is 0.573 e. The van der Waals surface area contributed by atoms with E-state index in [-0.39, 0.29) is 3.70 Å². The van der Waals surface area contributed by atoms with Crippen molar-refractivity contribution in [3.05, 3.63) is 21.0 Å². The third kappa shape index (κ3) is 3.65. The average molecular weight is 383 g/mol. The molecule has 0 aliphatic heterocycles. The van der Waals surface area contributed by atoms with Gasteiger partial charge in [0.2, 0.25) is 0 Å². The molecule has 1 rings (SSSR count). The summed E-state index contributed by atoms with van der Waals surface area (Å²) in [5.74, 6) is -3.13. The SMILES string of the molecule is O=C(O)c1nc(I)cc(OC(F)(F)F)c1C(F)F. The molecular weight excluding hydrogens is 380 g/mol. The first-order valence-electron chi connectivity index (χ1n) is 4.09. The molecule has 0 amide bonds. The number of pyridine rings is 1. The molecule has 18 heavy (non-hydrogen) atoms. The molecule has 1 aromatic heterocycles. The Bertz CT molecular complexity index is 477. The lowest BCUT2D eigenvalue weighted by molar-refractivity contribution is -0.275. The number of halogens is 6. The van der Waals surface area contributed by atoms with Crippen LogP contribution in [0.4, 0.5) is 22.0 Å². The van der Waals surface area contributed by atoms with Crippen LogP contribution in [0.15, 0.2) is 6.07 Å². The molecular formula is C8H3F5INO3. The van der Waals surface area contributed by atoms with Crippen LogP contribution >= 0.6 is 22.6 Å². The molecule has 0 bridgehead atoms. The normalized spacial score (nSPS) is 11.7. The van der Waals surface area contributed by atoms with Gasteiger partial charge in [0.1, 0.15) is 9.45 Å². The van der Waals surface area contributed by atoms with Crippen molar-refractivity contribution in [2.45, 2.75) is 12.8 Å². The predicted molar refractivity (Wildman–Crippen MR) is 55.6 cm³/mol. The fraction of sp³-hybridized carbons (Fsp3) is 0.250. The molecule has 0 spiro atoms. The number of hydrogen-bond acceptors (Lipinski definition) is 3. The predicted octanol–water partition coefficient (Wildman–Crippen LogP) is 3.22. The van der Waals surface area contributed by atoms with E-state index >= 15 is 0 Å². The average Bonchev–Trinajstić information content (AvgIpc) is 2.12. The lowest BCUT2D eigenvalue weighted by Crippen LogP contribution is -2.20. The number of nitrogens with zero attached hydrogens (tertiary/aromatic N) is 1. The van der Waals surface area contributed by atoms with Crippen molar-refractivity contribution in [3.8, 4) is 5.75 Å². The number of hydrogen-bond donors (Lipinski definition) is 1. The third-order valence-electron chi connectivity index (χ3n) is 1.64. The Kier molecular flexibility index (Phi) is 4.29. The molecule has 0 aliphatic rings. The zero-order valence-corrected chi connectivity index (χ0v) is 10.3. The Balaban J connectivity index is 3.44. The largest absolute Gasteiger partial charge is 0.573 e. The van der Waals surface area contributed by atoms with E-state index in [4.69, 9.17) is 5.11 Å². The second-order valence-corrected chi connectivity index (χ2v) is 3.96. The summed E-state index contributed by atoms with van der Waals surface area (Å²) < 4.78 is 64.4. The molecule has 0 atom stereocenters. The molecule has 0 saturated heterocycles. The Morgan fingerprint density at radius 1 is 1.44 bits per heavy atom. The summed E-state index contributed by atoms with van der Waals surface area (Å²) in [5, 5.41) is 8.63. The number of ether oxygens (including phenoxy) is 1. The van der Waals surface area contributed by atoms with E-state index in [0.717, 1.165) is 0 Å². The van der Waals surface area contributed by atoms with Crippen LogP contribution < -0.4 is 4.74 Å². The minimum atomic E-state index is -5.20. The molecule has 1 heterocycles. The summed E-state index contributed by atoms with van der Waals surface area (Å²) in [6, 6.07) is 0.585. The summed E-state index contributed by atoms with van der Waals surface area (Å²) in [5.41, 5.74) is -2.57. The molecule has 0 unspecified atom stereocenters. The molecule has 0 aromatic carbocycles. The topological polar surface area (TPSA) is 59.4 Å². The first kappa shape index (κ1) is 14.9. The van der Waals surface area contributed by atoms with Crippen molar-refractivity contribution < 1.29 is 36.6 Å². The van der Waals surface area contributed by atoms with E-state index in [1.165, 1.54) is 22.6 Å². The zero-order valence-electron chi connectivity index (χ0n) is 8.13. The van der Waals surface area contributed by atoms with Crippen LogP contribution in [0.5, 0.6) is 5.75 Å². The van der Waals surface area contributed by atoms with Crippen LogP contribution in [-0.2, 0) is 0 Å². The summed E-state index contributed by atoms with van der Waals surface area (Å²) in [4.78, 5) is 13.9. The van der Waals surface area contributed by atoms with E-state index < -0.39 is 35.8 Å². The van der Waals surface area contributed by atoms with Gasteiger partial charge >= 0.3 is 12.3 Å². The Morgan fingerprint density at radius 2 is 2.00 bits per heavy atom. The van der Waals surface area contributed by atoms with Gasteiger partial charge in [0, 0.05) is 6.07 Å². The number of carboxylic acids is 1. The molecule has 4 nitrogen and oxygen atoms in total. The fourth-order valence-electron chi connectivity index (χ4n) is 1.08. The highest BCUT2D eigenvalue weighted by Gasteiger charge is 2.35. The van der Waals surface area contributed by atoms with Crippen LogP contribution in [0.2, 0.25) is 0 Å². The van der Waals surface area contributed by atoms with Crippen molar-refractivity contribution in [2.24, 2.45) is 0 Å². The van der Waals surface area contributed by atoms with Gasteiger partial charge in [-0.05, 0) is 22.6 Å². The van der Waals surface area contributed by atoms with Crippen LogP contribution in [0, 0.1) is 3.70 Å². The standard InChI is InChI=1S/C8H3F5INO3/c9-6(10)4-2(18-8(11,12)13)1-3(14)15-5(4)7(16)17/h1,6H,(H,16,17). The van der Waals surface area contributed by atoms with Crippen molar-refractivity contribution in [3.63, 3.8) is 0 Å². The fourth-order valence-corrected chi connectivity index (χ4v) is 1.61. The van der Waals surface area contributed by atoms with Gasteiger partial charge in [-0.25, -0.2) is 18.6 Å². The number of carbonyl (C=O) groups is 1. The van der Waals surface area contributed by atoms with Gasteiger partial charge in [-0.3, -0.25) is 0 Å². The zero-order chi connectivity index (χ0) is 14.1. The van der Waals surface area contributed by atoms with Gasteiger partial charge in [-0.15, -0.1) is 13.2 Å². The Labute approximate surface area is 110 Å². The monoisotopic (exact) mass is 383 g/mol. The van der Waals surface area contributed by atoms with Gasteiger partial charge < -0.3 is 9.84 Å². The van der Waals surface area contributed by atoms with Crippen molar-refractivity contribution in [2.75, 3.05) is 0 Å². The van der Waals surface area contributed by atoms with Crippen LogP contribution in [0.25, 0.3) is 0 Å². The molecule has 0 radical (unpaired) electrons. The van der Waals surface area contributed by atoms with E-state index in [9.17, 15) is 26.7 Å². The van der Waals surface area contributed by atoms with Crippen molar-refractivity contribution in [1.82, 2.24) is 4.98 Å². The summed E-state index contributed by atoms with van der Waals surface area (Å²) in [6.07, 6.45) is -8.66. The van der Waals surface area contributed by atoms with Crippen molar-refractivity contribution >= 4 is 28.6 Å².